The van der Waals surface area contributed by atoms with E-state index < -0.39 is 71.2 Å². The Balaban J connectivity index is 1.01. The van der Waals surface area contributed by atoms with E-state index in [0.29, 0.717) is 38.5 Å². The first kappa shape index (κ1) is 34.2. The van der Waals surface area contributed by atoms with Gasteiger partial charge in [0.1, 0.15) is 31.0 Å². The highest BCUT2D eigenvalue weighted by Gasteiger charge is 2.71. The van der Waals surface area contributed by atoms with Crippen molar-refractivity contribution < 1.29 is 64.2 Å². The van der Waals surface area contributed by atoms with E-state index in [0.717, 1.165) is 24.8 Å². The van der Waals surface area contributed by atoms with Gasteiger partial charge in [-0.1, -0.05) is 6.92 Å². The van der Waals surface area contributed by atoms with Crippen molar-refractivity contribution in [1.82, 2.24) is 0 Å². The fraction of sp³-hybridized carbons (Fsp3) is 0.912. The molecule has 0 bridgehead atoms. The first-order chi connectivity index (χ1) is 22.2. The molecule has 0 amide bonds. The number of fused-ring (bicyclic) bond motifs is 5. The Morgan fingerprint density at radius 3 is 2.40 bits per heavy atom. The summed E-state index contributed by atoms with van der Waals surface area (Å²) < 4.78 is 28.8. The summed E-state index contributed by atoms with van der Waals surface area (Å²) in [6, 6.07) is 0. The maximum atomic E-state index is 12.5. The van der Waals surface area contributed by atoms with Gasteiger partial charge in [-0.2, -0.15) is 0 Å². The van der Waals surface area contributed by atoms with Crippen molar-refractivity contribution in [2.45, 2.75) is 145 Å². The Bertz CT molecular complexity index is 1220. The van der Waals surface area contributed by atoms with Crippen LogP contribution in [-0.4, -0.2) is 128 Å². The molecule has 7 N–H and O–H groups in total. The molecule has 266 valence electrons. The Kier molecular flexibility index (Phi) is 8.90. The lowest BCUT2D eigenvalue weighted by Gasteiger charge is -2.66. The van der Waals surface area contributed by atoms with Gasteiger partial charge in [-0.3, -0.25) is 0 Å². The van der Waals surface area contributed by atoms with Gasteiger partial charge in [0.05, 0.1) is 42.7 Å². The van der Waals surface area contributed by atoms with Crippen LogP contribution in [0.5, 0.6) is 0 Å². The largest absolute Gasteiger partial charge is 0.458 e. The lowest BCUT2D eigenvalue weighted by Crippen LogP contribution is -2.69. The number of esters is 1. The number of hydrogen-bond donors (Lipinski definition) is 7. The van der Waals surface area contributed by atoms with Gasteiger partial charge in [-0.15, -0.1) is 0 Å². The van der Waals surface area contributed by atoms with Gasteiger partial charge in [0, 0.05) is 29.7 Å². The first-order valence-corrected chi connectivity index (χ1v) is 17.5. The summed E-state index contributed by atoms with van der Waals surface area (Å²) in [7, 11) is 0. The van der Waals surface area contributed by atoms with E-state index in [1.165, 1.54) is 0 Å². The van der Waals surface area contributed by atoms with Crippen LogP contribution in [0.25, 0.3) is 0 Å². The molecule has 3 unspecified atom stereocenters. The van der Waals surface area contributed by atoms with Gasteiger partial charge in [0.15, 0.2) is 12.6 Å². The third-order valence-electron chi connectivity index (χ3n) is 13.8. The van der Waals surface area contributed by atoms with Crippen molar-refractivity contribution in [3.63, 3.8) is 0 Å². The Morgan fingerprint density at radius 2 is 1.70 bits per heavy atom. The van der Waals surface area contributed by atoms with E-state index in [4.69, 9.17) is 23.7 Å². The third kappa shape index (κ3) is 5.26. The molecule has 13 nitrogen and oxygen atoms in total. The normalized spacial score (nSPS) is 54.7. The second kappa shape index (κ2) is 12.2. The zero-order valence-electron chi connectivity index (χ0n) is 27.3. The maximum absolute atomic E-state index is 12.5. The average Bonchev–Trinajstić information content (AvgIpc) is 3.57. The number of aliphatic hydroxyl groups is 7. The predicted molar refractivity (Wildman–Crippen MR) is 161 cm³/mol. The molecule has 7 rings (SSSR count). The van der Waals surface area contributed by atoms with Crippen molar-refractivity contribution >= 4 is 5.97 Å². The second-order valence-electron chi connectivity index (χ2n) is 15.8. The lowest BCUT2D eigenvalue weighted by molar-refractivity contribution is -0.332. The van der Waals surface area contributed by atoms with Crippen LogP contribution >= 0.6 is 0 Å². The summed E-state index contributed by atoms with van der Waals surface area (Å²) in [5, 5.41) is 76.8. The molecule has 16 atom stereocenters. The fourth-order valence-electron chi connectivity index (χ4n) is 11.2. The van der Waals surface area contributed by atoms with Crippen molar-refractivity contribution in [3.8, 4) is 0 Å². The second-order valence-corrected chi connectivity index (χ2v) is 15.8. The number of carbonyl (C=O) groups excluding carboxylic acids is 1. The summed E-state index contributed by atoms with van der Waals surface area (Å²) >= 11 is 0. The van der Waals surface area contributed by atoms with Gasteiger partial charge in [-0.25, -0.2) is 4.79 Å². The summed E-state index contributed by atoms with van der Waals surface area (Å²) in [5.74, 6) is -0.406. The molecule has 13 heteroatoms. The topological polar surface area (TPSA) is 205 Å². The molecule has 2 saturated heterocycles. The van der Waals surface area contributed by atoms with E-state index >= 15 is 0 Å². The molecular weight excluding hydrogens is 616 g/mol. The van der Waals surface area contributed by atoms with Crippen LogP contribution in [0.2, 0.25) is 0 Å². The highest BCUT2D eigenvalue weighted by atomic mass is 16.7. The lowest BCUT2D eigenvalue weighted by atomic mass is 9.41. The highest BCUT2D eigenvalue weighted by Crippen LogP contribution is 2.70. The van der Waals surface area contributed by atoms with Crippen LogP contribution in [0.3, 0.4) is 0 Å². The Morgan fingerprint density at radius 1 is 0.936 bits per heavy atom. The molecule has 3 heterocycles. The molecule has 0 spiro atoms. The van der Waals surface area contributed by atoms with Crippen molar-refractivity contribution in [3.05, 3.63) is 11.6 Å². The summed E-state index contributed by atoms with van der Waals surface area (Å²) in [6.45, 7) is 3.74. The smallest absolute Gasteiger partial charge is 0.331 e. The van der Waals surface area contributed by atoms with Gasteiger partial charge in [0.25, 0.3) is 0 Å². The van der Waals surface area contributed by atoms with Crippen LogP contribution in [0, 0.1) is 28.6 Å². The standard InChI is InChI=1S/C34H52O13/c1-17-29(47-30-28(40)27(39)24(37)15-44-30)23(36)12-26(45-17)46-19-3-8-32(16-35)21-4-7-31(2)20(18-11-25(38)43-14-18)6-10-34(31,42)22(21)5-9-33(32,41)13-19/h11,17,19-24,26-30,35-37,39-42H,3-10,12-16H2,1-2H3/t17-,19+,20?,21?,22?,23+,24-,26+,27+,28-,29-,30+,31-,32+,33+,34+/m1/s1. The molecule has 7 aliphatic rings. The molecule has 6 fully saturated rings. The van der Waals surface area contributed by atoms with E-state index in [9.17, 15) is 40.5 Å². The highest BCUT2D eigenvalue weighted by molar-refractivity contribution is 5.85. The molecule has 3 aliphatic heterocycles. The minimum absolute atomic E-state index is 0.0629. The van der Waals surface area contributed by atoms with Gasteiger partial charge >= 0.3 is 5.97 Å². The minimum Gasteiger partial charge on any atom is -0.458 e. The first-order valence-electron chi connectivity index (χ1n) is 17.5. The quantitative estimate of drug-likeness (QED) is 0.148. The molecule has 4 aliphatic carbocycles. The molecule has 4 saturated carbocycles. The molecule has 0 aromatic carbocycles. The minimum atomic E-state index is -1.49. The SMILES string of the molecule is C[C@H]1O[C@@H](O[C@H]2CC[C@]3(CO)C4CC[C@]5(C)C(C6=CC(=O)OC6)CC[C@]5(O)C4CC[C@]3(O)C2)C[C@H](O)[C@@H]1O[C@@H]1OC[C@@H](O)[C@H](O)[C@H]1O. The summed E-state index contributed by atoms with van der Waals surface area (Å²) in [5.41, 5.74) is -2.41. The van der Waals surface area contributed by atoms with Gasteiger partial charge in [-0.05, 0) is 81.6 Å². The van der Waals surface area contributed by atoms with Crippen LogP contribution in [0.15, 0.2) is 11.6 Å². The molecule has 0 aromatic rings. The van der Waals surface area contributed by atoms with Crippen LogP contribution in [0.4, 0.5) is 0 Å². The van der Waals surface area contributed by atoms with Crippen molar-refractivity contribution in [1.29, 1.82) is 0 Å². The molecular formula is C34H52O13. The van der Waals surface area contributed by atoms with E-state index in [2.05, 4.69) is 6.92 Å². The molecule has 0 radical (unpaired) electrons. The maximum Gasteiger partial charge on any atom is 0.331 e. The number of hydrogen-bond acceptors (Lipinski definition) is 13. The zero-order valence-corrected chi connectivity index (χ0v) is 27.3. The van der Waals surface area contributed by atoms with E-state index in [-0.39, 0.29) is 56.1 Å². The molecule has 47 heavy (non-hydrogen) atoms. The van der Waals surface area contributed by atoms with Crippen molar-refractivity contribution in [2.24, 2.45) is 28.6 Å². The number of aliphatic hydroxyl groups excluding tert-OH is 5. The van der Waals surface area contributed by atoms with Crippen molar-refractivity contribution in [2.75, 3.05) is 19.8 Å². The summed E-state index contributed by atoms with van der Waals surface area (Å²) in [4.78, 5) is 11.9. The van der Waals surface area contributed by atoms with E-state index in [1.54, 1.807) is 13.0 Å². The van der Waals surface area contributed by atoms with Gasteiger partial charge in [0.2, 0.25) is 0 Å². The number of cyclic esters (lactones) is 1. The predicted octanol–water partition coefficient (Wildman–Crippen LogP) is 0.0359. The number of ether oxygens (including phenoxy) is 5. The fourth-order valence-corrected chi connectivity index (χ4v) is 11.2. The molecule has 0 aromatic heterocycles. The average molecular weight is 669 g/mol. The Labute approximate surface area is 274 Å². The van der Waals surface area contributed by atoms with Gasteiger partial charge < -0.3 is 59.4 Å². The van der Waals surface area contributed by atoms with Crippen LogP contribution in [0.1, 0.15) is 78.1 Å². The number of rotatable bonds is 6. The third-order valence-corrected chi connectivity index (χ3v) is 13.8. The Hall–Kier alpha value is -1.23. The monoisotopic (exact) mass is 668 g/mol. The van der Waals surface area contributed by atoms with Crippen LogP contribution < -0.4 is 0 Å². The van der Waals surface area contributed by atoms with E-state index in [1.807, 2.05) is 0 Å². The summed E-state index contributed by atoms with van der Waals surface area (Å²) in [6.07, 6.45) is -2.10. The zero-order chi connectivity index (χ0) is 33.5. The number of carbonyl (C=O) groups is 1. The van der Waals surface area contributed by atoms with Crippen LogP contribution in [-0.2, 0) is 28.5 Å².